The Labute approximate surface area is 205 Å². The lowest BCUT2D eigenvalue weighted by atomic mass is 10.1. The first kappa shape index (κ1) is 22.8. The summed E-state index contributed by atoms with van der Waals surface area (Å²) in [5, 5.41) is 19.8. The number of aromatic nitrogens is 1. The molecule has 0 radical (unpaired) electrons. The number of aliphatic hydroxyl groups is 1. The number of carbonyl (C=O) groups is 1. The normalized spacial score (nSPS) is 14.1. The maximum Gasteiger partial charge on any atom is 0.370 e. The number of β-amino-alcohol motifs (C(OH)–C–C–N with tert-alkyl or cyclic N) is 1. The number of carboxylic acids is 1. The summed E-state index contributed by atoms with van der Waals surface area (Å²) in [4.78, 5) is 13.3. The second-order valence-electron chi connectivity index (χ2n) is 7.92. The highest BCUT2D eigenvalue weighted by Gasteiger charge is 2.26. The molecule has 3 aromatic carbocycles. The summed E-state index contributed by atoms with van der Waals surface area (Å²) in [6, 6.07) is 20.2. The van der Waals surface area contributed by atoms with E-state index in [1.807, 2.05) is 54.6 Å². The Morgan fingerprint density at radius 1 is 1.09 bits per heavy atom. The molecule has 0 spiro atoms. The van der Waals surface area contributed by atoms with Gasteiger partial charge in [0.15, 0.2) is 5.75 Å². The third-order valence-electron chi connectivity index (χ3n) is 5.62. The van der Waals surface area contributed by atoms with Gasteiger partial charge in [0.25, 0.3) is 5.01 Å². The van der Waals surface area contributed by atoms with Crippen LogP contribution in [0.25, 0.3) is 27.4 Å². The number of aliphatic carboxylic acids is 1. The summed E-state index contributed by atoms with van der Waals surface area (Å²) in [5.41, 5.74) is 3.46. The Morgan fingerprint density at radius 3 is 2.69 bits per heavy atom. The number of hydrogen-bond donors (Lipinski definition) is 2. The van der Waals surface area contributed by atoms with Crippen molar-refractivity contribution >= 4 is 39.3 Å². The number of fused-ring (bicyclic) bond motifs is 2. The number of anilines is 1. The zero-order valence-electron chi connectivity index (χ0n) is 18.6. The van der Waals surface area contributed by atoms with Crippen LogP contribution in [0.1, 0.15) is 5.01 Å². The molecular formula is C27H22FN2O4S+. The van der Waals surface area contributed by atoms with E-state index in [4.69, 9.17) is 4.74 Å². The molecule has 1 aliphatic heterocycles. The Hall–Kier alpha value is -4.01. The highest BCUT2D eigenvalue weighted by molar-refractivity contribution is 7.18. The Balaban J connectivity index is 1.50. The predicted octanol–water partition coefficient (Wildman–Crippen LogP) is 4.83. The SMILES string of the molecule is O=C(O)C[n+]1c(C=CC=C2Oc3ccc(F)cc3N2CCO)sc2ccc(-c3ccccc3)cc21. The van der Waals surface area contributed by atoms with Crippen molar-refractivity contribution in [3.8, 4) is 16.9 Å². The van der Waals surface area contributed by atoms with E-state index < -0.39 is 5.97 Å². The number of halogens is 1. The Kier molecular flexibility index (Phi) is 6.31. The van der Waals surface area contributed by atoms with Crippen LogP contribution in [-0.2, 0) is 11.3 Å². The van der Waals surface area contributed by atoms with E-state index in [9.17, 15) is 19.4 Å². The maximum atomic E-state index is 13.7. The largest absolute Gasteiger partial charge is 0.477 e. The average molecular weight is 490 g/mol. The first-order valence-corrected chi connectivity index (χ1v) is 11.8. The molecule has 2 heterocycles. The van der Waals surface area contributed by atoms with Gasteiger partial charge in [0.1, 0.15) is 10.5 Å². The second kappa shape index (κ2) is 9.69. The lowest BCUT2D eigenvalue weighted by Crippen LogP contribution is -2.39. The van der Waals surface area contributed by atoms with Gasteiger partial charge in [-0.1, -0.05) is 47.7 Å². The molecular weight excluding hydrogens is 467 g/mol. The van der Waals surface area contributed by atoms with Gasteiger partial charge in [-0.25, -0.2) is 9.18 Å². The monoisotopic (exact) mass is 489 g/mol. The first-order valence-electron chi connectivity index (χ1n) is 11.0. The van der Waals surface area contributed by atoms with Crippen LogP contribution < -0.4 is 14.2 Å². The van der Waals surface area contributed by atoms with Gasteiger partial charge >= 0.3 is 5.97 Å². The summed E-state index contributed by atoms with van der Waals surface area (Å²) in [6.07, 6.45) is 5.31. The molecule has 2 N–H and O–H groups in total. The average Bonchev–Trinajstić information content (AvgIpc) is 3.37. The van der Waals surface area contributed by atoms with Gasteiger partial charge in [0.05, 0.1) is 12.3 Å². The number of aliphatic hydroxyl groups excluding tert-OH is 1. The summed E-state index contributed by atoms with van der Waals surface area (Å²) < 4.78 is 22.3. The second-order valence-corrected chi connectivity index (χ2v) is 8.98. The Morgan fingerprint density at radius 2 is 1.91 bits per heavy atom. The topological polar surface area (TPSA) is 73.9 Å². The predicted molar refractivity (Wildman–Crippen MR) is 134 cm³/mol. The van der Waals surface area contributed by atoms with Crippen molar-refractivity contribution in [1.82, 2.24) is 0 Å². The fourth-order valence-corrected chi connectivity index (χ4v) is 5.13. The van der Waals surface area contributed by atoms with E-state index in [2.05, 4.69) is 0 Å². The maximum absolute atomic E-state index is 13.7. The van der Waals surface area contributed by atoms with Gasteiger partial charge < -0.3 is 19.8 Å². The van der Waals surface area contributed by atoms with Gasteiger partial charge in [-0.3, -0.25) is 0 Å². The highest BCUT2D eigenvalue weighted by Crippen LogP contribution is 2.39. The van der Waals surface area contributed by atoms with Crippen LogP contribution in [0.5, 0.6) is 5.75 Å². The van der Waals surface area contributed by atoms with Gasteiger partial charge in [0.2, 0.25) is 17.9 Å². The van der Waals surface area contributed by atoms with Crippen LogP contribution in [0.3, 0.4) is 0 Å². The molecule has 5 rings (SSSR count). The van der Waals surface area contributed by atoms with E-state index in [1.54, 1.807) is 27.7 Å². The summed E-state index contributed by atoms with van der Waals surface area (Å²) >= 11 is 1.49. The van der Waals surface area contributed by atoms with Crippen molar-refractivity contribution < 1.29 is 28.7 Å². The van der Waals surface area contributed by atoms with Crippen molar-refractivity contribution in [2.24, 2.45) is 0 Å². The third-order valence-corrected chi connectivity index (χ3v) is 6.76. The zero-order chi connectivity index (χ0) is 24.4. The zero-order valence-corrected chi connectivity index (χ0v) is 19.4. The number of ether oxygens (including phenoxy) is 1. The number of rotatable bonds is 7. The van der Waals surface area contributed by atoms with Gasteiger partial charge in [-0.15, -0.1) is 0 Å². The molecule has 0 unspecified atom stereocenters. The number of benzene rings is 3. The van der Waals surface area contributed by atoms with Crippen LogP contribution in [0.4, 0.5) is 10.1 Å². The molecule has 176 valence electrons. The number of thiazole rings is 1. The van der Waals surface area contributed by atoms with Crippen molar-refractivity contribution in [3.63, 3.8) is 0 Å². The third kappa shape index (κ3) is 4.66. The molecule has 1 aliphatic rings. The standard InChI is InChI=1S/C27H21FN2O4S/c28-20-10-11-23-21(16-20)29(13-14-31)25(34-23)7-4-8-26-30(17-27(32)33)22-15-19(9-12-24(22)35-26)18-5-2-1-3-6-18/h1-12,15-16,31H,13-14,17H2/p+1. The molecule has 0 bridgehead atoms. The van der Waals surface area contributed by atoms with Gasteiger partial charge in [0, 0.05) is 24.8 Å². The summed E-state index contributed by atoms with van der Waals surface area (Å²) in [7, 11) is 0. The fraction of sp³-hybridized carbons (Fsp3) is 0.111. The van der Waals surface area contributed by atoms with Crippen molar-refractivity contribution in [2.75, 3.05) is 18.1 Å². The van der Waals surface area contributed by atoms with Crippen LogP contribution in [0.2, 0.25) is 0 Å². The van der Waals surface area contributed by atoms with Crippen molar-refractivity contribution in [2.45, 2.75) is 6.54 Å². The minimum Gasteiger partial charge on any atom is -0.477 e. The van der Waals surface area contributed by atoms with Crippen LogP contribution in [0.15, 0.2) is 84.8 Å². The molecule has 0 saturated heterocycles. The van der Waals surface area contributed by atoms with E-state index in [1.165, 1.54) is 23.5 Å². The minimum atomic E-state index is -0.932. The number of allylic oxidation sites excluding steroid dienone is 2. The van der Waals surface area contributed by atoms with E-state index in [0.717, 1.165) is 26.4 Å². The van der Waals surface area contributed by atoms with Crippen LogP contribution in [0, 0.1) is 5.82 Å². The van der Waals surface area contributed by atoms with Gasteiger partial charge in [-0.05, 0) is 41.5 Å². The summed E-state index contributed by atoms with van der Waals surface area (Å²) in [5.74, 6) is -0.357. The smallest absolute Gasteiger partial charge is 0.370 e. The number of carboxylic acid groups (broad SMARTS) is 1. The fourth-order valence-electron chi connectivity index (χ4n) is 4.08. The quantitative estimate of drug-likeness (QED) is 0.364. The van der Waals surface area contributed by atoms with E-state index in [0.29, 0.717) is 17.3 Å². The lowest BCUT2D eigenvalue weighted by Gasteiger charge is -2.16. The van der Waals surface area contributed by atoms with Crippen LogP contribution >= 0.6 is 11.3 Å². The molecule has 8 heteroatoms. The van der Waals surface area contributed by atoms with Crippen molar-refractivity contribution in [1.29, 1.82) is 0 Å². The molecule has 6 nitrogen and oxygen atoms in total. The molecule has 0 amide bonds. The summed E-state index contributed by atoms with van der Waals surface area (Å²) in [6.45, 7) is -0.0499. The van der Waals surface area contributed by atoms with E-state index in [-0.39, 0.29) is 25.5 Å². The minimum absolute atomic E-state index is 0.126. The number of nitrogens with zero attached hydrogens (tertiary/aromatic N) is 2. The molecule has 0 fully saturated rings. The highest BCUT2D eigenvalue weighted by atomic mass is 32.1. The van der Waals surface area contributed by atoms with Crippen LogP contribution in [-0.4, -0.2) is 29.3 Å². The molecule has 35 heavy (non-hydrogen) atoms. The molecule has 0 saturated carbocycles. The van der Waals surface area contributed by atoms with Crippen molar-refractivity contribution in [3.05, 3.63) is 95.6 Å². The first-order chi connectivity index (χ1) is 17.0. The molecule has 0 atom stereocenters. The lowest BCUT2D eigenvalue weighted by molar-refractivity contribution is -0.657. The number of hydrogen-bond acceptors (Lipinski definition) is 5. The molecule has 1 aromatic heterocycles. The Bertz CT molecular complexity index is 1460. The van der Waals surface area contributed by atoms with E-state index >= 15 is 0 Å². The van der Waals surface area contributed by atoms with Gasteiger partial charge in [-0.2, -0.15) is 4.57 Å². The molecule has 4 aromatic rings. The molecule has 0 aliphatic carbocycles.